The van der Waals surface area contributed by atoms with E-state index in [2.05, 4.69) is 10.0 Å². The molecule has 1 amide bonds. The molecule has 118 valence electrons. The van der Waals surface area contributed by atoms with E-state index in [0.717, 1.165) is 22.5 Å². The summed E-state index contributed by atoms with van der Waals surface area (Å²) in [5.41, 5.74) is 2.45. The Balaban J connectivity index is 2.38. The number of rotatable bonds is 4. The molecule has 0 aliphatic rings. The molecule has 0 aliphatic heterocycles. The molecule has 0 spiro atoms. The zero-order valence-electron chi connectivity index (χ0n) is 12.9. The minimum absolute atomic E-state index is 0.135. The van der Waals surface area contributed by atoms with Crippen molar-refractivity contribution in [1.82, 2.24) is 5.32 Å². The van der Waals surface area contributed by atoms with E-state index in [1.54, 1.807) is 13.0 Å². The van der Waals surface area contributed by atoms with Gasteiger partial charge in [-0.2, -0.15) is 0 Å². The quantitative estimate of drug-likeness (QED) is 0.900. The lowest BCUT2D eigenvalue weighted by Gasteiger charge is -2.10. The van der Waals surface area contributed by atoms with Gasteiger partial charge < -0.3 is 5.32 Å². The van der Waals surface area contributed by atoms with Gasteiger partial charge in [0.1, 0.15) is 4.90 Å². The molecule has 2 N–H and O–H groups in total. The highest BCUT2D eigenvalue weighted by Gasteiger charge is 2.22. The van der Waals surface area contributed by atoms with Gasteiger partial charge in [0.2, 0.25) is 0 Å². The van der Waals surface area contributed by atoms with E-state index in [0.29, 0.717) is 15.4 Å². The molecule has 0 saturated carbocycles. The van der Waals surface area contributed by atoms with Gasteiger partial charge in [0.05, 0.1) is 10.6 Å². The van der Waals surface area contributed by atoms with Crippen molar-refractivity contribution in [1.29, 1.82) is 0 Å². The monoisotopic (exact) mass is 338 g/mol. The lowest BCUT2D eigenvalue weighted by molar-refractivity contribution is 0.0967. The van der Waals surface area contributed by atoms with Crippen LogP contribution in [-0.4, -0.2) is 21.4 Å². The van der Waals surface area contributed by atoms with E-state index in [1.165, 1.54) is 13.1 Å². The Morgan fingerprint density at radius 3 is 2.41 bits per heavy atom. The first-order valence-electron chi connectivity index (χ1n) is 6.67. The number of hydrogen-bond donors (Lipinski definition) is 2. The molecule has 0 aliphatic carbocycles. The van der Waals surface area contributed by atoms with Gasteiger partial charge in [0.25, 0.3) is 15.9 Å². The van der Waals surface area contributed by atoms with E-state index in [4.69, 9.17) is 0 Å². The second-order valence-electron chi connectivity index (χ2n) is 5.03. The summed E-state index contributed by atoms with van der Waals surface area (Å²) in [5.74, 6) is -0.291. The zero-order chi connectivity index (χ0) is 16.5. The van der Waals surface area contributed by atoms with Crippen LogP contribution >= 0.6 is 11.3 Å². The van der Waals surface area contributed by atoms with Crippen LogP contribution in [0.4, 0.5) is 5.69 Å². The Kier molecular flexibility index (Phi) is 4.58. The average molecular weight is 338 g/mol. The normalized spacial score (nSPS) is 11.3. The SMILES string of the molecule is CNC(=O)c1cc(S(=O)(=O)Nc2ccc(C)cc2C)c(C)s1. The van der Waals surface area contributed by atoms with Gasteiger partial charge in [0.15, 0.2) is 0 Å². The lowest BCUT2D eigenvalue weighted by Crippen LogP contribution is -2.17. The molecule has 7 heteroatoms. The van der Waals surface area contributed by atoms with Crippen LogP contribution in [0, 0.1) is 20.8 Å². The Morgan fingerprint density at radius 1 is 1.14 bits per heavy atom. The highest BCUT2D eigenvalue weighted by Crippen LogP contribution is 2.28. The molecule has 1 aromatic carbocycles. The third-order valence-corrected chi connectivity index (χ3v) is 5.91. The van der Waals surface area contributed by atoms with Gasteiger partial charge in [-0.25, -0.2) is 8.42 Å². The van der Waals surface area contributed by atoms with E-state index in [-0.39, 0.29) is 10.8 Å². The van der Waals surface area contributed by atoms with Gasteiger partial charge in [-0.1, -0.05) is 17.7 Å². The summed E-state index contributed by atoms with van der Waals surface area (Å²) >= 11 is 1.16. The van der Waals surface area contributed by atoms with Gasteiger partial charge in [-0.3, -0.25) is 9.52 Å². The second kappa shape index (κ2) is 6.10. The van der Waals surface area contributed by atoms with Crippen molar-refractivity contribution in [2.24, 2.45) is 0 Å². The van der Waals surface area contributed by atoms with Crippen molar-refractivity contribution >= 4 is 33.0 Å². The molecule has 0 fully saturated rings. The first-order chi connectivity index (χ1) is 10.2. The van der Waals surface area contributed by atoms with Gasteiger partial charge in [-0.05, 0) is 38.5 Å². The summed E-state index contributed by atoms with van der Waals surface area (Å²) < 4.78 is 27.7. The van der Waals surface area contributed by atoms with Gasteiger partial charge in [0, 0.05) is 11.9 Å². The number of carbonyl (C=O) groups is 1. The summed E-state index contributed by atoms with van der Waals surface area (Å²) in [4.78, 5) is 12.7. The van der Waals surface area contributed by atoms with Gasteiger partial charge >= 0.3 is 0 Å². The highest BCUT2D eigenvalue weighted by atomic mass is 32.2. The molecule has 0 radical (unpaired) electrons. The van der Waals surface area contributed by atoms with Crippen molar-refractivity contribution in [2.45, 2.75) is 25.7 Å². The van der Waals surface area contributed by atoms with Crippen LogP contribution in [0.1, 0.15) is 25.7 Å². The van der Waals surface area contributed by atoms with Crippen molar-refractivity contribution in [3.05, 3.63) is 45.1 Å². The van der Waals surface area contributed by atoms with Crippen LogP contribution in [0.5, 0.6) is 0 Å². The minimum atomic E-state index is -3.72. The predicted octanol–water partition coefficient (Wildman–Crippen LogP) is 2.83. The van der Waals surface area contributed by atoms with Crippen LogP contribution < -0.4 is 10.0 Å². The van der Waals surface area contributed by atoms with E-state index >= 15 is 0 Å². The molecule has 0 unspecified atom stereocenters. The van der Waals surface area contributed by atoms with Crippen LogP contribution in [0.25, 0.3) is 0 Å². The molecule has 0 atom stereocenters. The summed E-state index contributed by atoms with van der Waals surface area (Å²) in [6.07, 6.45) is 0. The predicted molar refractivity (Wildman–Crippen MR) is 89.2 cm³/mol. The topological polar surface area (TPSA) is 75.3 Å². The second-order valence-corrected chi connectivity index (χ2v) is 7.94. The molecule has 1 aromatic heterocycles. The fourth-order valence-corrected chi connectivity index (χ4v) is 4.76. The fraction of sp³-hybridized carbons (Fsp3) is 0.267. The maximum absolute atomic E-state index is 12.5. The molecule has 22 heavy (non-hydrogen) atoms. The number of thiophene rings is 1. The number of carbonyl (C=O) groups excluding carboxylic acids is 1. The molecular formula is C15H18N2O3S2. The van der Waals surface area contributed by atoms with Crippen molar-refractivity contribution in [3.63, 3.8) is 0 Å². The lowest BCUT2D eigenvalue weighted by atomic mass is 10.1. The average Bonchev–Trinajstić information content (AvgIpc) is 2.84. The summed E-state index contributed by atoms with van der Waals surface area (Å²) in [7, 11) is -2.21. The first-order valence-corrected chi connectivity index (χ1v) is 8.97. The minimum Gasteiger partial charge on any atom is -0.354 e. The number of sulfonamides is 1. The molecular weight excluding hydrogens is 320 g/mol. The summed E-state index contributed by atoms with van der Waals surface area (Å²) in [6.45, 7) is 5.49. The van der Waals surface area contributed by atoms with E-state index in [1.807, 2.05) is 26.0 Å². The maximum Gasteiger partial charge on any atom is 0.263 e. The largest absolute Gasteiger partial charge is 0.354 e. The summed E-state index contributed by atoms with van der Waals surface area (Å²) in [6, 6.07) is 6.91. The Hall–Kier alpha value is -1.86. The molecule has 2 aromatic rings. The van der Waals surface area contributed by atoms with Crippen LogP contribution in [-0.2, 0) is 10.0 Å². The maximum atomic E-state index is 12.5. The fourth-order valence-electron chi connectivity index (χ4n) is 2.10. The Morgan fingerprint density at radius 2 is 1.82 bits per heavy atom. The number of hydrogen-bond acceptors (Lipinski definition) is 4. The molecule has 0 saturated heterocycles. The van der Waals surface area contributed by atoms with Crippen LogP contribution in [0.15, 0.2) is 29.2 Å². The van der Waals surface area contributed by atoms with Gasteiger partial charge in [-0.15, -0.1) is 11.3 Å². The molecule has 0 bridgehead atoms. The molecule has 5 nitrogen and oxygen atoms in total. The van der Waals surface area contributed by atoms with Crippen molar-refractivity contribution < 1.29 is 13.2 Å². The van der Waals surface area contributed by atoms with Crippen molar-refractivity contribution in [3.8, 4) is 0 Å². The number of anilines is 1. The van der Waals surface area contributed by atoms with Crippen LogP contribution in [0.2, 0.25) is 0 Å². The molecule has 2 rings (SSSR count). The standard InChI is InChI=1S/C15H18N2O3S2/c1-9-5-6-12(10(2)7-9)17-22(19,20)14-8-13(15(18)16-4)21-11(14)3/h5-8,17H,1-4H3,(H,16,18). The smallest absolute Gasteiger partial charge is 0.263 e. The first kappa shape index (κ1) is 16.5. The third-order valence-electron chi connectivity index (χ3n) is 3.24. The summed E-state index contributed by atoms with van der Waals surface area (Å²) in [5, 5.41) is 2.49. The van der Waals surface area contributed by atoms with Crippen molar-refractivity contribution in [2.75, 3.05) is 11.8 Å². The van der Waals surface area contributed by atoms with E-state index in [9.17, 15) is 13.2 Å². The Labute approximate surface area is 134 Å². The van der Waals surface area contributed by atoms with Crippen LogP contribution in [0.3, 0.4) is 0 Å². The Bertz CT molecular complexity index is 823. The number of nitrogens with one attached hydrogen (secondary N) is 2. The zero-order valence-corrected chi connectivity index (χ0v) is 14.5. The third kappa shape index (κ3) is 3.31. The highest BCUT2D eigenvalue weighted by molar-refractivity contribution is 7.93. The van der Waals surface area contributed by atoms with E-state index < -0.39 is 10.0 Å². The number of benzene rings is 1. The molecule has 1 heterocycles. The number of aryl methyl sites for hydroxylation is 3. The number of amides is 1.